The average molecular weight is 317 g/mol. The zero-order chi connectivity index (χ0) is 11.5. The standard InChI is InChI=1S/C11H13BrN2S2/c12-9-5-7(11(13)15)1-2-10(9)14-8-3-4-16-6-8/h1-2,5,8,14H,3-4,6H2,(H2,13,15). The summed E-state index contributed by atoms with van der Waals surface area (Å²) < 4.78 is 1.02. The predicted octanol–water partition coefficient (Wildman–Crippen LogP) is 3.00. The SMILES string of the molecule is NC(=S)c1ccc(NC2CCSC2)c(Br)c1. The van der Waals surface area contributed by atoms with Crippen molar-refractivity contribution in [2.75, 3.05) is 16.8 Å². The summed E-state index contributed by atoms with van der Waals surface area (Å²) in [6, 6.07) is 6.53. The third-order valence-corrected chi connectivity index (χ3v) is 4.60. The topological polar surface area (TPSA) is 38.0 Å². The lowest BCUT2D eigenvalue weighted by Gasteiger charge is -2.15. The Balaban J connectivity index is 2.12. The minimum absolute atomic E-state index is 0.434. The third-order valence-electron chi connectivity index (χ3n) is 2.54. The molecule has 0 radical (unpaired) electrons. The highest BCUT2D eigenvalue weighted by Crippen LogP contribution is 2.27. The van der Waals surface area contributed by atoms with Crippen LogP contribution in [-0.4, -0.2) is 22.5 Å². The highest BCUT2D eigenvalue weighted by molar-refractivity contribution is 9.10. The highest BCUT2D eigenvalue weighted by atomic mass is 79.9. The smallest absolute Gasteiger partial charge is 0.104 e. The van der Waals surface area contributed by atoms with Gasteiger partial charge in [-0.15, -0.1) is 0 Å². The molecule has 0 spiro atoms. The first-order chi connectivity index (χ1) is 7.66. The second kappa shape index (κ2) is 5.38. The summed E-state index contributed by atoms with van der Waals surface area (Å²) in [7, 11) is 0. The number of thioether (sulfide) groups is 1. The zero-order valence-corrected chi connectivity index (χ0v) is 11.9. The van der Waals surface area contributed by atoms with Crippen LogP contribution in [0.25, 0.3) is 0 Å². The van der Waals surface area contributed by atoms with Gasteiger partial charge in [0.2, 0.25) is 0 Å². The second-order valence-corrected chi connectivity index (χ2v) is 6.21. The highest BCUT2D eigenvalue weighted by Gasteiger charge is 2.16. The fraction of sp³-hybridized carbons (Fsp3) is 0.364. The van der Waals surface area contributed by atoms with E-state index in [2.05, 4.69) is 21.2 Å². The van der Waals surface area contributed by atoms with Crippen LogP contribution in [0.4, 0.5) is 5.69 Å². The van der Waals surface area contributed by atoms with Crippen molar-refractivity contribution < 1.29 is 0 Å². The van der Waals surface area contributed by atoms with Crippen LogP contribution in [0.2, 0.25) is 0 Å². The maximum Gasteiger partial charge on any atom is 0.104 e. The molecule has 0 saturated carbocycles. The van der Waals surface area contributed by atoms with E-state index in [4.69, 9.17) is 18.0 Å². The molecule has 1 atom stereocenters. The number of anilines is 1. The Morgan fingerprint density at radius 1 is 1.56 bits per heavy atom. The van der Waals surface area contributed by atoms with Gasteiger partial charge in [0.25, 0.3) is 0 Å². The number of halogens is 1. The van der Waals surface area contributed by atoms with Crippen LogP contribution in [0.5, 0.6) is 0 Å². The summed E-state index contributed by atoms with van der Waals surface area (Å²) in [6.07, 6.45) is 1.23. The summed E-state index contributed by atoms with van der Waals surface area (Å²) in [5.41, 5.74) is 7.60. The number of hydrogen-bond acceptors (Lipinski definition) is 3. The Morgan fingerprint density at radius 2 is 2.38 bits per heavy atom. The van der Waals surface area contributed by atoms with E-state index in [0.717, 1.165) is 15.7 Å². The van der Waals surface area contributed by atoms with Gasteiger partial charge in [-0.05, 0) is 46.3 Å². The molecule has 16 heavy (non-hydrogen) atoms. The molecule has 3 N–H and O–H groups in total. The first-order valence-electron chi connectivity index (χ1n) is 5.10. The number of thiocarbonyl (C=S) groups is 1. The fourth-order valence-electron chi connectivity index (χ4n) is 1.65. The number of rotatable bonds is 3. The lowest BCUT2D eigenvalue weighted by Crippen LogP contribution is -2.18. The molecule has 0 aromatic heterocycles. The van der Waals surface area contributed by atoms with Crippen LogP contribution < -0.4 is 11.1 Å². The molecular weight excluding hydrogens is 304 g/mol. The molecule has 1 aliphatic rings. The van der Waals surface area contributed by atoms with Crippen LogP contribution in [-0.2, 0) is 0 Å². The normalized spacial score (nSPS) is 19.7. The van der Waals surface area contributed by atoms with Crippen molar-refractivity contribution in [1.29, 1.82) is 0 Å². The largest absolute Gasteiger partial charge is 0.389 e. The Bertz CT molecular complexity index is 403. The van der Waals surface area contributed by atoms with Crippen molar-refractivity contribution in [2.45, 2.75) is 12.5 Å². The summed E-state index contributed by atoms with van der Waals surface area (Å²) in [5.74, 6) is 2.43. The lowest BCUT2D eigenvalue weighted by atomic mass is 10.2. The Kier molecular flexibility index (Phi) is 4.10. The minimum atomic E-state index is 0.434. The molecule has 2 rings (SSSR count). The van der Waals surface area contributed by atoms with Gasteiger partial charge in [0, 0.05) is 27.5 Å². The van der Waals surface area contributed by atoms with Crippen LogP contribution in [0.15, 0.2) is 22.7 Å². The molecule has 0 bridgehead atoms. The quantitative estimate of drug-likeness (QED) is 0.841. The molecule has 1 aliphatic heterocycles. The first kappa shape index (κ1) is 12.2. The van der Waals surface area contributed by atoms with E-state index in [9.17, 15) is 0 Å². The van der Waals surface area contributed by atoms with E-state index in [1.165, 1.54) is 17.9 Å². The first-order valence-corrected chi connectivity index (χ1v) is 7.46. The van der Waals surface area contributed by atoms with Gasteiger partial charge in [-0.1, -0.05) is 12.2 Å². The summed E-state index contributed by atoms with van der Waals surface area (Å²) in [5, 5.41) is 3.52. The van der Waals surface area contributed by atoms with Crippen molar-refractivity contribution in [1.82, 2.24) is 0 Å². The molecule has 1 aromatic carbocycles. The predicted molar refractivity (Wildman–Crippen MR) is 79.4 cm³/mol. The number of hydrogen-bond donors (Lipinski definition) is 2. The summed E-state index contributed by atoms with van der Waals surface area (Å²) >= 11 is 10.5. The van der Waals surface area contributed by atoms with E-state index in [1.807, 2.05) is 30.0 Å². The molecule has 1 saturated heterocycles. The van der Waals surface area contributed by atoms with Crippen molar-refractivity contribution in [3.05, 3.63) is 28.2 Å². The Morgan fingerprint density at radius 3 is 2.94 bits per heavy atom. The molecule has 0 amide bonds. The van der Waals surface area contributed by atoms with Gasteiger partial charge in [0.05, 0.1) is 0 Å². The fourth-order valence-corrected chi connectivity index (χ4v) is 3.43. The molecule has 2 nitrogen and oxygen atoms in total. The molecule has 5 heteroatoms. The Hall–Kier alpha value is -0.260. The van der Waals surface area contributed by atoms with Crippen LogP contribution in [0.3, 0.4) is 0 Å². The van der Waals surface area contributed by atoms with Gasteiger partial charge in [-0.3, -0.25) is 0 Å². The van der Waals surface area contributed by atoms with E-state index in [-0.39, 0.29) is 0 Å². The number of nitrogens with one attached hydrogen (secondary N) is 1. The summed E-state index contributed by atoms with van der Waals surface area (Å²) in [6.45, 7) is 0. The Labute approximate surface area is 113 Å². The van der Waals surface area contributed by atoms with E-state index in [0.29, 0.717) is 11.0 Å². The monoisotopic (exact) mass is 316 g/mol. The van der Waals surface area contributed by atoms with Crippen LogP contribution in [0.1, 0.15) is 12.0 Å². The van der Waals surface area contributed by atoms with Crippen molar-refractivity contribution in [3.63, 3.8) is 0 Å². The van der Waals surface area contributed by atoms with Gasteiger partial charge in [-0.2, -0.15) is 11.8 Å². The molecule has 1 heterocycles. The molecule has 0 aliphatic carbocycles. The lowest BCUT2D eigenvalue weighted by molar-refractivity contribution is 0.812. The van der Waals surface area contributed by atoms with E-state index >= 15 is 0 Å². The van der Waals surface area contributed by atoms with E-state index < -0.39 is 0 Å². The van der Waals surface area contributed by atoms with Crippen molar-refractivity contribution in [3.8, 4) is 0 Å². The molecule has 1 fully saturated rings. The number of benzene rings is 1. The molecule has 1 unspecified atom stereocenters. The molecule has 86 valence electrons. The van der Waals surface area contributed by atoms with Crippen molar-refractivity contribution >= 4 is 50.6 Å². The average Bonchev–Trinajstić information content (AvgIpc) is 2.73. The maximum absolute atomic E-state index is 5.58. The second-order valence-electron chi connectivity index (χ2n) is 3.76. The van der Waals surface area contributed by atoms with Gasteiger partial charge in [0.15, 0.2) is 0 Å². The van der Waals surface area contributed by atoms with Crippen LogP contribution in [0, 0.1) is 0 Å². The molecule has 1 aromatic rings. The van der Waals surface area contributed by atoms with Gasteiger partial charge in [-0.25, -0.2) is 0 Å². The maximum atomic E-state index is 5.58. The minimum Gasteiger partial charge on any atom is -0.389 e. The van der Waals surface area contributed by atoms with E-state index in [1.54, 1.807) is 0 Å². The van der Waals surface area contributed by atoms with Crippen molar-refractivity contribution in [2.24, 2.45) is 5.73 Å². The summed E-state index contributed by atoms with van der Waals surface area (Å²) in [4.78, 5) is 0.434. The van der Waals surface area contributed by atoms with Gasteiger partial charge in [0.1, 0.15) is 4.99 Å². The van der Waals surface area contributed by atoms with Crippen LogP contribution >= 0.6 is 39.9 Å². The zero-order valence-electron chi connectivity index (χ0n) is 8.70. The van der Waals surface area contributed by atoms with Gasteiger partial charge >= 0.3 is 0 Å². The van der Waals surface area contributed by atoms with Gasteiger partial charge < -0.3 is 11.1 Å². The third kappa shape index (κ3) is 2.90. The number of nitrogens with two attached hydrogens (primary N) is 1. The molecular formula is C11H13BrN2S2.